The Hall–Kier alpha value is -1.05. The lowest BCUT2D eigenvalue weighted by atomic mass is 10.1. The second-order valence-electron chi connectivity index (χ2n) is 3.29. The fraction of sp³-hybridized carbons (Fsp3) is 0.500. The number of aromatic nitrogens is 1. The third-order valence-corrected chi connectivity index (χ3v) is 3.03. The smallest absolute Gasteiger partial charge is 0.358 e. The Morgan fingerprint density at radius 2 is 2.19 bits per heavy atom. The van der Waals surface area contributed by atoms with Crippen molar-refractivity contribution in [2.45, 2.75) is 19.0 Å². The maximum absolute atomic E-state index is 12.6. The predicted molar refractivity (Wildman–Crippen MR) is 54.7 cm³/mol. The van der Waals surface area contributed by atoms with Gasteiger partial charge in [-0.05, 0) is 4.92 Å². The molecule has 0 aliphatic carbocycles. The van der Waals surface area contributed by atoms with Gasteiger partial charge in [0.1, 0.15) is 11.3 Å². The second kappa shape index (κ2) is 4.44. The van der Waals surface area contributed by atoms with Crippen LogP contribution < -0.4 is 0 Å². The van der Waals surface area contributed by atoms with Crippen molar-refractivity contribution in [1.82, 2.24) is 4.98 Å². The summed E-state index contributed by atoms with van der Waals surface area (Å²) in [5.41, 5.74) is -1.15. The van der Waals surface area contributed by atoms with Gasteiger partial charge in [0.05, 0.1) is 0 Å². The minimum Gasteiger partial charge on any atom is -0.358 e. The number of halogens is 4. The highest BCUT2D eigenvalue weighted by Crippen LogP contribution is 2.37. The number of rotatable bonds is 3. The molecule has 90 valence electrons. The Balaban J connectivity index is 3.29. The van der Waals surface area contributed by atoms with E-state index in [-0.39, 0.29) is 11.0 Å². The van der Waals surface area contributed by atoms with E-state index in [0.29, 0.717) is 6.07 Å². The van der Waals surface area contributed by atoms with E-state index in [0.717, 1.165) is 0 Å². The van der Waals surface area contributed by atoms with Gasteiger partial charge in [0.15, 0.2) is 0 Å². The van der Waals surface area contributed by atoms with Crippen LogP contribution in [0.25, 0.3) is 0 Å². The highest BCUT2D eigenvalue weighted by molar-refractivity contribution is 9.09. The van der Waals surface area contributed by atoms with Gasteiger partial charge in [0.25, 0.3) is 0 Å². The fourth-order valence-electron chi connectivity index (χ4n) is 1.25. The molecule has 1 N–H and O–H groups in total. The summed E-state index contributed by atoms with van der Waals surface area (Å²) in [6, 6.07) is 0.522. The monoisotopic (exact) mass is 300 g/mol. The van der Waals surface area contributed by atoms with Gasteiger partial charge in [-0.3, -0.25) is 0 Å². The van der Waals surface area contributed by atoms with Crippen LogP contribution in [0.3, 0.4) is 0 Å². The minimum atomic E-state index is -4.59. The Bertz CT molecular complexity index is 402. The molecule has 8 heteroatoms. The molecule has 0 amide bonds. The van der Waals surface area contributed by atoms with Crippen LogP contribution in [0.5, 0.6) is 0 Å². The van der Waals surface area contributed by atoms with Gasteiger partial charge in [-0.25, -0.2) is 4.98 Å². The van der Waals surface area contributed by atoms with Crippen LogP contribution >= 0.6 is 15.9 Å². The maximum atomic E-state index is 12.6. The van der Waals surface area contributed by atoms with E-state index < -0.39 is 28.4 Å². The van der Waals surface area contributed by atoms with E-state index in [9.17, 15) is 23.3 Å². The SMILES string of the molecule is CC(CBr)c1[nH]c([N+](=O)[O-])cc1C(F)(F)F. The summed E-state index contributed by atoms with van der Waals surface area (Å²) in [4.78, 5) is 11.7. The zero-order valence-corrected chi connectivity index (χ0v) is 9.72. The van der Waals surface area contributed by atoms with Crippen molar-refractivity contribution in [3.63, 3.8) is 0 Å². The molecule has 0 spiro atoms. The van der Waals surface area contributed by atoms with E-state index in [2.05, 4.69) is 20.9 Å². The van der Waals surface area contributed by atoms with E-state index in [1.165, 1.54) is 0 Å². The lowest BCUT2D eigenvalue weighted by Crippen LogP contribution is -2.09. The Morgan fingerprint density at radius 3 is 2.56 bits per heavy atom. The molecule has 1 atom stereocenters. The lowest BCUT2D eigenvalue weighted by molar-refractivity contribution is -0.389. The van der Waals surface area contributed by atoms with Crippen molar-refractivity contribution in [3.8, 4) is 0 Å². The molecular weight excluding hydrogens is 293 g/mol. The van der Waals surface area contributed by atoms with Gasteiger partial charge >= 0.3 is 12.0 Å². The normalized spacial score (nSPS) is 13.8. The van der Waals surface area contributed by atoms with Crippen LogP contribution in [-0.2, 0) is 6.18 Å². The number of nitrogens with one attached hydrogen (secondary N) is 1. The molecule has 0 aromatic carbocycles. The number of alkyl halides is 4. The maximum Gasteiger partial charge on any atom is 0.420 e. The first kappa shape index (κ1) is 13.0. The predicted octanol–water partition coefficient (Wildman–Crippen LogP) is 3.44. The third-order valence-electron chi connectivity index (χ3n) is 2.06. The fourth-order valence-corrected chi connectivity index (χ4v) is 1.58. The standard InChI is InChI=1S/C8H8BrF3N2O2/c1-4(3-9)7-5(8(10,11)12)2-6(13-7)14(15)16/h2,4,13H,3H2,1H3. The number of hydrogen-bond acceptors (Lipinski definition) is 2. The van der Waals surface area contributed by atoms with Crippen molar-refractivity contribution in [3.05, 3.63) is 27.4 Å². The molecule has 0 saturated carbocycles. The molecule has 1 aromatic heterocycles. The largest absolute Gasteiger partial charge is 0.420 e. The van der Waals surface area contributed by atoms with Crippen LogP contribution in [0.1, 0.15) is 24.1 Å². The Morgan fingerprint density at radius 1 is 1.62 bits per heavy atom. The zero-order valence-electron chi connectivity index (χ0n) is 8.14. The van der Waals surface area contributed by atoms with Crippen LogP contribution in [0.4, 0.5) is 19.0 Å². The molecule has 0 bridgehead atoms. The zero-order chi connectivity index (χ0) is 12.5. The Kier molecular flexibility index (Phi) is 3.61. The minimum absolute atomic E-state index is 0.170. The highest BCUT2D eigenvalue weighted by Gasteiger charge is 2.39. The van der Waals surface area contributed by atoms with E-state index in [1.54, 1.807) is 6.92 Å². The Labute approximate surface area is 97.1 Å². The van der Waals surface area contributed by atoms with Crippen LogP contribution in [0.2, 0.25) is 0 Å². The average molecular weight is 301 g/mol. The molecule has 0 radical (unpaired) electrons. The van der Waals surface area contributed by atoms with Crippen molar-refractivity contribution < 1.29 is 18.1 Å². The summed E-state index contributed by atoms with van der Waals surface area (Å²) in [5.74, 6) is -1.12. The summed E-state index contributed by atoms with van der Waals surface area (Å²) in [6.45, 7) is 1.54. The van der Waals surface area contributed by atoms with Crippen LogP contribution in [0, 0.1) is 10.1 Å². The van der Waals surface area contributed by atoms with Gasteiger partial charge in [-0.2, -0.15) is 13.2 Å². The second-order valence-corrected chi connectivity index (χ2v) is 3.94. The van der Waals surface area contributed by atoms with Crippen molar-refractivity contribution in [2.75, 3.05) is 5.33 Å². The molecular formula is C8H8BrF3N2O2. The molecule has 1 heterocycles. The van der Waals surface area contributed by atoms with Gasteiger partial charge < -0.3 is 10.1 Å². The molecule has 0 fully saturated rings. The summed E-state index contributed by atoms with van der Waals surface area (Å²) >= 11 is 3.04. The molecule has 16 heavy (non-hydrogen) atoms. The quantitative estimate of drug-likeness (QED) is 0.528. The molecule has 4 nitrogen and oxygen atoms in total. The first-order valence-corrected chi connectivity index (χ1v) is 5.40. The number of nitrogens with zero attached hydrogens (tertiary/aromatic N) is 1. The van der Waals surface area contributed by atoms with E-state index in [4.69, 9.17) is 0 Å². The number of nitro groups is 1. The number of hydrogen-bond donors (Lipinski definition) is 1. The summed E-state index contributed by atoms with van der Waals surface area (Å²) in [5, 5.41) is 10.7. The average Bonchev–Trinajstić information content (AvgIpc) is 2.60. The van der Waals surface area contributed by atoms with Crippen molar-refractivity contribution in [2.24, 2.45) is 0 Å². The third kappa shape index (κ3) is 2.55. The first-order chi connectivity index (χ1) is 7.27. The molecule has 1 unspecified atom stereocenters. The highest BCUT2D eigenvalue weighted by atomic mass is 79.9. The summed E-state index contributed by atoms with van der Waals surface area (Å²) in [7, 11) is 0. The summed E-state index contributed by atoms with van der Waals surface area (Å²) in [6.07, 6.45) is -4.59. The number of H-pyrrole nitrogens is 1. The van der Waals surface area contributed by atoms with Gasteiger partial charge in [0, 0.05) is 17.3 Å². The molecule has 0 aliphatic heterocycles. The van der Waals surface area contributed by atoms with Gasteiger partial charge in [0.2, 0.25) is 0 Å². The topological polar surface area (TPSA) is 58.9 Å². The molecule has 1 aromatic rings. The van der Waals surface area contributed by atoms with Crippen molar-refractivity contribution >= 4 is 21.7 Å². The van der Waals surface area contributed by atoms with Gasteiger partial charge in [-0.15, -0.1) is 0 Å². The van der Waals surface area contributed by atoms with Crippen molar-refractivity contribution in [1.29, 1.82) is 0 Å². The van der Waals surface area contributed by atoms with Crippen LogP contribution in [-0.4, -0.2) is 15.2 Å². The number of aromatic amines is 1. The van der Waals surface area contributed by atoms with Crippen LogP contribution in [0.15, 0.2) is 6.07 Å². The lowest BCUT2D eigenvalue weighted by Gasteiger charge is -2.08. The van der Waals surface area contributed by atoms with Gasteiger partial charge in [-0.1, -0.05) is 22.9 Å². The molecule has 1 rings (SSSR count). The van der Waals surface area contributed by atoms with E-state index in [1.807, 2.05) is 0 Å². The first-order valence-electron chi connectivity index (χ1n) is 4.27. The van der Waals surface area contributed by atoms with E-state index >= 15 is 0 Å². The molecule has 0 aliphatic rings. The summed E-state index contributed by atoms with van der Waals surface area (Å²) < 4.78 is 37.7. The molecule has 0 saturated heterocycles.